The Labute approximate surface area is 149 Å². The molecule has 1 aliphatic rings. The average molecular weight is 351 g/mol. The van der Waals surface area contributed by atoms with Crippen LogP contribution in [0.4, 0.5) is 5.69 Å². The van der Waals surface area contributed by atoms with Crippen LogP contribution in [0.25, 0.3) is 10.9 Å². The molecule has 0 saturated carbocycles. The molecule has 0 saturated heterocycles. The smallest absolute Gasteiger partial charge is 0.261 e. The van der Waals surface area contributed by atoms with Crippen LogP contribution >= 0.6 is 0 Å². The molecule has 132 valence electrons. The Morgan fingerprint density at radius 1 is 1.19 bits per heavy atom. The van der Waals surface area contributed by atoms with Gasteiger partial charge in [-0.05, 0) is 24.3 Å². The van der Waals surface area contributed by atoms with Crippen molar-refractivity contribution in [1.29, 1.82) is 0 Å². The SMILES string of the molecule is CCc1nc2ccccc2c(=O)n1CC(=O)Nc1ccc2c(c1)OCO2. The molecule has 0 spiro atoms. The van der Waals surface area contributed by atoms with Crippen LogP contribution in [-0.2, 0) is 17.8 Å². The second-order valence-corrected chi connectivity index (χ2v) is 5.91. The summed E-state index contributed by atoms with van der Waals surface area (Å²) in [4.78, 5) is 29.7. The van der Waals surface area contributed by atoms with Crippen LogP contribution in [0, 0.1) is 0 Å². The normalized spacial score (nSPS) is 12.3. The van der Waals surface area contributed by atoms with Crippen molar-refractivity contribution < 1.29 is 14.3 Å². The summed E-state index contributed by atoms with van der Waals surface area (Å²) in [6.07, 6.45) is 0.553. The Balaban J connectivity index is 1.61. The zero-order valence-corrected chi connectivity index (χ0v) is 14.2. The molecule has 1 aliphatic heterocycles. The summed E-state index contributed by atoms with van der Waals surface area (Å²) in [5, 5.41) is 3.29. The fourth-order valence-electron chi connectivity index (χ4n) is 2.97. The maximum atomic E-state index is 12.8. The third-order valence-corrected chi connectivity index (χ3v) is 4.21. The van der Waals surface area contributed by atoms with Gasteiger partial charge in [0, 0.05) is 18.2 Å². The second kappa shape index (κ2) is 6.51. The summed E-state index contributed by atoms with van der Waals surface area (Å²) in [6, 6.07) is 12.3. The number of amides is 1. The monoisotopic (exact) mass is 351 g/mol. The van der Waals surface area contributed by atoms with Gasteiger partial charge >= 0.3 is 0 Å². The number of nitrogens with zero attached hydrogens (tertiary/aromatic N) is 2. The lowest BCUT2D eigenvalue weighted by Gasteiger charge is -2.12. The van der Waals surface area contributed by atoms with Crippen molar-refractivity contribution in [3.8, 4) is 11.5 Å². The molecule has 4 rings (SSSR count). The highest BCUT2D eigenvalue weighted by molar-refractivity contribution is 5.91. The van der Waals surface area contributed by atoms with E-state index < -0.39 is 0 Å². The Morgan fingerprint density at radius 2 is 2.00 bits per heavy atom. The number of nitrogens with one attached hydrogen (secondary N) is 1. The Morgan fingerprint density at radius 3 is 2.85 bits per heavy atom. The van der Waals surface area contributed by atoms with Gasteiger partial charge in [0.1, 0.15) is 12.4 Å². The number of benzene rings is 2. The number of hydrogen-bond donors (Lipinski definition) is 1. The summed E-state index contributed by atoms with van der Waals surface area (Å²) < 4.78 is 12.0. The average Bonchev–Trinajstić information content (AvgIpc) is 3.11. The minimum absolute atomic E-state index is 0.103. The van der Waals surface area contributed by atoms with E-state index in [4.69, 9.17) is 9.47 Å². The molecule has 0 bridgehead atoms. The van der Waals surface area contributed by atoms with E-state index in [0.717, 1.165) is 0 Å². The lowest BCUT2D eigenvalue weighted by Crippen LogP contribution is -2.31. The van der Waals surface area contributed by atoms with Gasteiger partial charge < -0.3 is 14.8 Å². The third kappa shape index (κ3) is 2.88. The van der Waals surface area contributed by atoms with Gasteiger partial charge in [0.2, 0.25) is 12.7 Å². The van der Waals surface area contributed by atoms with Crippen LogP contribution in [0.2, 0.25) is 0 Å². The number of ether oxygens (including phenoxy) is 2. The topological polar surface area (TPSA) is 82.5 Å². The first-order chi connectivity index (χ1) is 12.7. The Hall–Kier alpha value is -3.35. The van der Waals surface area contributed by atoms with Gasteiger partial charge in [0.15, 0.2) is 11.5 Å². The number of aromatic nitrogens is 2. The molecule has 7 heteroatoms. The van der Waals surface area contributed by atoms with Gasteiger partial charge in [-0.25, -0.2) is 4.98 Å². The lowest BCUT2D eigenvalue weighted by molar-refractivity contribution is -0.116. The van der Waals surface area contributed by atoms with Crippen molar-refractivity contribution >= 4 is 22.5 Å². The summed E-state index contributed by atoms with van der Waals surface area (Å²) in [7, 11) is 0. The first-order valence-corrected chi connectivity index (χ1v) is 8.33. The Kier molecular flexibility index (Phi) is 4.04. The standard InChI is InChI=1S/C19H17N3O4/c1-2-17-21-14-6-4-3-5-13(14)19(24)22(17)10-18(23)20-12-7-8-15-16(9-12)26-11-25-15/h3-9H,2,10-11H2,1H3,(H,20,23). The molecular weight excluding hydrogens is 334 g/mol. The molecule has 0 fully saturated rings. The number of para-hydroxylation sites is 1. The van der Waals surface area contributed by atoms with E-state index in [1.165, 1.54) is 4.57 Å². The fraction of sp³-hybridized carbons (Fsp3) is 0.211. The fourth-order valence-corrected chi connectivity index (χ4v) is 2.97. The van der Waals surface area contributed by atoms with Crippen molar-refractivity contribution in [3.05, 3.63) is 58.6 Å². The number of rotatable bonds is 4. The highest BCUT2D eigenvalue weighted by Gasteiger charge is 2.16. The number of fused-ring (bicyclic) bond motifs is 2. The zero-order chi connectivity index (χ0) is 18.1. The zero-order valence-electron chi connectivity index (χ0n) is 14.2. The van der Waals surface area contributed by atoms with E-state index in [1.807, 2.05) is 13.0 Å². The number of hydrogen-bond acceptors (Lipinski definition) is 5. The van der Waals surface area contributed by atoms with Crippen LogP contribution in [0.15, 0.2) is 47.3 Å². The number of carbonyl (C=O) groups excluding carboxylic acids is 1. The Bertz CT molecular complexity index is 1060. The minimum atomic E-state index is -0.308. The maximum Gasteiger partial charge on any atom is 0.261 e. The molecule has 0 atom stereocenters. The van der Waals surface area contributed by atoms with Gasteiger partial charge in [0.05, 0.1) is 10.9 Å². The van der Waals surface area contributed by atoms with Crippen LogP contribution in [0.5, 0.6) is 11.5 Å². The van der Waals surface area contributed by atoms with Crippen molar-refractivity contribution in [3.63, 3.8) is 0 Å². The summed E-state index contributed by atoms with van der Waals surface area (Å²) in [6.45, 7) is 1.97. The first-order valence-electron chi connectivity index (χ1n) is 8.33. The minimum Gasteiger partial charge on any atom is -0.454 e. The third-order valence-electron chi connectivity index (χ3n) is 4.21. The van der Waals surface area contributed by atoms with E-state index >= 15 is 0 Å². The summed E-state index contributed by atoms with van der Waals surface area (Å²) in [5.74, 6) is 1.50. The second-order valence-electron chi connectivity index (χ2n) is 5.91. The molecular formula is C19H17N3O4. The molecule has 1 amide bonds. The maximum absolute atomic E-state index is 12.8. The highest BCUT2D eigenvalue weighted by atomic mass is 16.7. The summed E-state index contributed by atoms with van der Waals surface area (Å²) in [5.41, 5.74) is 1.01. The van der Waals surface area contributed by atoms with E-state index in [1.54, 1.807) is 36.4 Å². The van der Waals surface area contributed by atoms with E-state index in [9.17, 15) is 9.59 Å². The molecule has 26 heavy (non-hydrogen) atoms. The lowest BCUT2D eigenvalue weighted by atomic mass is 10.2. The van der Waals surface area contributed by atoms with E-state index in [-0.39, 0.29) is 24.8 Å². The van der Waals surface area contributed by atoms with E-state index in [0.29, 0.717) is 40.3 Å². The quantitative estimate of drug-likeness (QED) is 0.780. The van der Waals surface area contributed by atoms with Gasteiger partial charge in [-0.15, -0.1) is 0 Å². The highest BCUT2D eigenvalue weighted by Crippen LogP contribution is 2.34. The number of aryl methyl sites for hydroxylation is 1. The molecule has 0 unspecified atom stereocenters. The van der Waals surface area contributed by atoms with Gasteiger partial charge in [-0.1, -0.05) is 19.1 Å². The summed E-state index contributed by atoms with van der Waals surface area (Å²) >= 11 is 0. The van der Waals surface area contributed by atoms with Crippen molar-refractivity contribution in [2.75, 3.05) is 12.1 Å². The number of carbonyl (C=O) groups is 1. The largest absolute Gasteiger partial charge is 0.454 e. The molecule has 2 heterocycles. The molecule has 1 aromatic heterocycles. The molecule has 1 N–H and O–H groups in total. The van der Waals surface area contributed by atoms with Gasteiger partial charge in [-0.3, -0.25) is 14.2 Å². The van der Waals surface area contributed by atoms with Gasteiger partial charge in [-0.2, -0.15) is 0 Å². The predicted molar refractivity (Wildman–Crippen MR) is 96.6 cm³/mol. The van der Waals surface area contributed by atoms with Gasteiger partial charge in [0.25, 0.3) is 5.56 Å². The van der Waals surface area contributed by atoms with Crippen molar-refractivity contribution in [1.82, 2.24) is 9.55 Å². The number of anilines is 1. The molecule has 3 aromatic rings. The van der Waals surface area contributed by atoms with Crippen LogP contribution in [0.3, 0.4) is 0 Å². The van der Waals surface area contributed by atoms with Crippen molar-refractivity contribution in [2.45, 2.75) is 19.9 Å². The first kappa shape index (κ1) is 16.1. The van der Waals surface area contributed by atoms with Crippen molar-refractivity contribution in [2.24, 2.45) is 0 Å². The predicted octanol–water partition coefficient (Wildman–Crippen LogP) is 2.33. The van der Waals surface area contributed by atoms with Crippen LogP contribution < -0.4 is 20.3 Å². The molecule has 7 nitrogen and oxygen atoms in total. The van der Waals surface area contributed by atoms with Crippen LogP contribution in [0.1, 0.15) is 12.7 Å². The molecule has 0 radical (unpaired) electrons. The van der Waals surface area contributed by atoms with Crippen LogP contribution in [-0.4, -0.2) is 22.3 Å². The molecule has 2 aromatic carbocycles. The van der Waals surface area contributed by atoms with E-state index in [2.05, 4.69) is 10.3 Å². The molecule has 0 aliphatic carbocycles.